The molecule has 0 aliphatic carbocycles. The van der Waals surface area contributed by atoms with Crippen LogP contribution in [0.15, 0.2) is 64.0 Å². The molecule has 0 saturated heterocycles. The minimum Gasteiger partial charge on any atom is -0.283 e. The highest BCUT2D eigenvalue weighted by molar-refractivity contribution is 5.49. The monoisotopic (exact) mass is 333 g/mol. The van der Waals surface area contributed by atoms with Crippen LogP contribution in [0.4, 0.5) is 0 Å². The van der Waals surface area contributed by atoms with Gasteiger partial charge in [0.2, 0.25) is 0 Å². The van der Waals surface area contributed by atoms with E-state index in [1.165, 1.54) is 35.7 Å². The molecule has 2 aromatic carbocycles. The maximum absolute atomic E-state index is 11.2. The second kappa shape index (κ2) is 8.16. The van der Waals surface area contributed by atoms with E-state index in [0.717, 1.165) is 23.2 Å². The Morgan fingerprint density at radius 1 is 1.04 bits per heavy atom. The van der Waals surface area contributed by atoms with Crippen LogP contribution in [0.2, 0.25) is 0 Å². The average molecular weight is 333 g/mol. The van der Waals surface area contributed by atoms with Gasteiger partial charge >= 0.3 is 5.63 Å². The third-order valence-corrected chi connectivity index (χ3v) is 4.01. The molecule has 1 N–H and O–H groups in total. The van der Waals surface area contributed by atoms with Gasteiger partial charge in [0.25, 0.3) is 11.9 Å². The summed E-state index contributed by atoms with van der Waals surface area (Å²) in [5.74, 6) is 6.36. The number of aromatic nitrogens is 2. The van der Waals surface area contributed by atoms with Gasteiger partial charge in [-0.15, -0.1) is 0 Å². The van der Waals surface area contributed by atoms with E-state index in [1.807, 2.05) is 24.3 Å². The molecular formula is C21H21N2O2+. The summed E-state index contributed by atoms with van der Waals surface area (Å²) in [5.41, 5.74) is 3.49. The van der Waals surface area contributed by atoms with Gasteiger partial charge < -0.3 is 0 Å². The number of nitrogens with one attached hydrogen (secondary N) is 1. The van der Waals surface area contributed by atoms with Crippen molar-refractivity contribution in [1.29, 1.82) is 0 Å². The largest absolute Gasteiger partial charge is 0.427 e. The smallest absolute Gasteiger partial charge is 0.283 e. The third-order valence-electron chi connectivity index (χ3n) is 4.01. The second-order valence-electron chi connectivity index (χ2n) is 5.93. The van der Waals surface area contributed by atoms with E-state index in [9.17, 15) is 4.79 Å². The first-order chi connectivity index (χ1) is 12.3. The summed E-state index contributed by atoms with van der Waals surface area (Å²) in [6, 6.07) is 16.0. The molecule has 3 aromatic rings. The Morgan fingerprint density at radius 3 is 2.56 bits per heavy atom. The van der Waals surface area contributed by atoms with Crippen LogP contribution in [-0.2, 0) is 6.42 Å². The lowest BCUT2D eigenvalue weighted by molar-refractivity contribution is -0.670. The second-order valence-corrected chi connectivity index (χ2v) is 5.93. The van der Waals surface area contributed by atoms with Crippen LogP contribution in [0.5, 0.6) is 0 Å². The van der Waals surface area contributed by atoms with Crippen molar-refractivity contribution in [3.05, 3.63) is 81.8 Å². The summed E-state index contributed by atoms with van der Waals surface area (Å²) in [6.07, 6.45) is 6.21. The van der Waals surface area contributed by atoms with Gasteiger partial charge in [-0.1, -0.05) is 55.9 Å². The molecule has 0 saturated carbocycles. The molecule has 25 heavy (non-hydrogen) atoms. The lowest BCUT2D eigenvalue weighted by Gasteiger charge is -2.00. The van der Waals surface area contributed by atoms with Gasteiger partial charge in [0.15, 0.2) is 0 Å². The molecular weight excluding hydrogens is 312 g/mol. The molecule has 4 heteroatoms. The number of aryl methyl sites for hydroxylation is 1. The molecule has 0 bridgehead atoms. The molecule has 0 unspecified atom stereocenters. The Hall–Kier alpha value is -3.06. The zero-order chi connectivity index (χ0) is 17.5. The summed E-state index contributed by atoms with van der Waals surface area (Å²) in [6.45, 7) is 2.22. The van der Waals surface area contributed by atoms with Crippen molar-refractivity contribution in [3.63, 3.8) is 0 Å². The van der Waals surface area contributed by atoms with Gasteiger partial charge in [-0.05, 0) is 46.6 Å². The summed E-state index contributed by atoms with van der Waals surface area (Å²) >= 11 is 0. The average Bonchev–Trinajstić information content (AvgIpc) is 3.08. The van der Waals surface area contributed by atoms with Crippen LogP contribution >= 0.6 is 0 Å². The Morgan fingerprint density at radius 2 is 1.84 bits per heavy atom. The molecule has 4 nitrogen and oxygen atoms in total. The maximum atomic E-state index is 11.2. The third kappa shape index (κ3) is 4.48. The molecule has 0 aliphatic rings. The first-order valence-corrected chi connectivity index (χ1v) is 8.57. The van der Waals surface area contributed by atoms with Gasteiger partial charge in [-0.25, -0.2) is 4.79 Å². The normalized spacial score (nSPS) is 10.3. The SMILES string of the molecule is CCCCCc1ccc(C#Cc2ccccc2-[n+]2cc(=O)o[nH]2)cc1. The molecule has 126 valence electrons. The zero-order valence-corrected chi connectivity index (χ0v) is 14.3. The number of para-hydroxylation sites is 1. The van der Waals surface area contributed by atoms with Crippen LogP contribution in [0.25, 0.3) is 5.69 Å². The van der Waals surface area contributed by atoms with Crippen molar-refractivity contribution in [1.82, 2.24) is 5.27 Å². The van der Waals surface area contributed by atoms with Crippen LogP contribution in [0.3, 0.4) is 0 Å². The zero-order valence-electron chi connectivity index (χ0n) is 14.3. The van der Waals surface area contributed by atoms with Crippen LogP contribution in [0, 0.1) is 11.8 Å². The molecule has 1 heterocycles. The number of hydrogen-bond acceptors (Lipinski definition) is 2. The summed E-state index contributed by atoms with van der Waals surface area (Å²) in [5, 5.41) is 2.55. The Labute approximate surface area is 147 Å². The highest BCUT2D eigenvalue weighted by atomic mass is 16.5. The van der Waals surface area contributed by atoms with Gasteiger partial charge in [-0.3, -0.25) is 4.52 Å². The van der Waals surface area contributed by atoms with Gasteiger partial charge in [0.05, 0.1) is 5.56 Å². The van der Waals surface area contributed by atoms with Crippen LogP contribution < -0.4 is 10.3 Å². The number of nitrogens with zero attached hydrogens (tertiary/aromatic N) is 1. The summed E-state index contributed by atoms with van der Waals surface area (Å²) in [7, 11) is 0. The maximum Gasteiger partial charge on any atom is 0.427 e. The minimum atomic E-state index is -0.429. The topological polar surface area (TPSA) is 49.9 Å². The van der Waals surface area contributed by atoms with Crippen LogP contribution in [-0.4, -0.2) is 5.27 Å². The standard InChI is InChI=1S/C21H20N2O2/c1-2-3-4-7-17-10-12-18(13-11-17)14-15-19-8-5-6-9-20(19)23-16-21(24)25-22-23/h5-6,8-13,16H,2-4,7H2,1H3/p+1. The number of unbranched alkanes of at least 4 members (excludes halogenated alkanes) is 2. The lowest BCUT2D eigenvalue weighted by atomic mass is 10.1. The molecule has 0 aliphatic heterocycles. The Balaban J connectivity index is 1.79. The van der Waals surface area contributed by atoms with Crippen molar-refractivity contribution in [2.24, 2.45) is 0 Å². The first-order valence-electron chi connectivity index (χ1n) is 8.57. The fourth-order valence-corrected chi connectivity index (χ4v) is 2.63. The van der Waals surface area contributed by atoms with Crippen LogP contribution in [0.1, 0.15) is 42.9 Å². The molecule has 0 atom stereocenters. The number of H-pyrrole nitrogens is 1. The number of rotatable bonds is 5. The van der Waals surface area contributed by atoms with Crippen molar-refractivity contribution in [2.45, 2.75) is 32.6 Å². The molecule has 0 spiro atoms. The predicted molar refractivity (Wildman–Crippen MR) is 96.5 cm³/mol. The molecule has 3 rings (SSSR count). The molecule has 0 amide bonds. The van der Waals surface area contributed by atoms with E-state index in [1.54, 1.807) is 0 Å². The van der Waals surface area contributed by atoms with Gasteiger partial charge in [0, 0.05) is 11.6 Å². The number of hydrogen-bond donors (Lipinski definition) is 1. The predicted octanol–water partition coefficient (Wildman–Crippen LogP) is 3.38. The van der Waals surface area contributed by atoms with E-state index in [0.29, 0.717) is 0 Å². The van der Waals surface area contributed by atoms with Crippen molar-refractivity contribution in [3.8, 4) is 17.5 Å². The van der Waals surface area contributed by atoms with Gasteiger partial charge in [-0.2, -0.15) is 0 Å². The van der Waals surface area contributed by atoms with E-state index in [2.05, 4.69) is 48.3 Å². The first kappa shape index (κ1) is 16.8. The minimum absolute atomic E-state index is 0.429. The quantitative estimate of drug-likeness (QED) is 0.442. The molecule has 0 fully saturated rings. The number of benzene rings is 2. The van der Waals surface area contributed by atoms with E-state index in [4.69, 9.17) is 4.52 Å². The van der Waals surface area contributed by atoms with Crippen molar-refractivity contribution in [2.75, 3.05) is 0 Å². The summed E-state index contributed by atoms with van der Waals surface area (Å²) in [4.78, 5) is 11.2. The molecule has 1 aromatic heterocycles. The van der Waals surface area contributed by atoms with E-state index in [-0.39, 0.29) is 0 Å². The Bertz CT molecular complexity index is 940. The number of aromatic amines is 1. The fraction of sp³-hybridized carbons (Fsp3) is 0.238. The van der Waals surface area contributed by atoms with E-state index >= 15 is 0 Å². The van der Waals surface area contributed by atoms with Gasteiger partial charge in [0.1, 0.15) is 0 Å². The fourth-order valence-electron chi connectivity index (χ4n) is 2.63. The van der Waals surface area contributed by atoms with Crippen molar-refractivity contribution >= 4 is 0 Å². The lowest BCUT2D eigenvalue weighted by Crippen LogP contribution is -2.33. The highest BCUT2D eigenvalue weighted by Gasteiger charge is 2.14. The van der Waals surface area contributed by atoms with E-state index < -0.39 is 5.63 Å². The van der Waals surface area contributed by atoms with Crippen molar-refractivity contribution < 1.29 is 9.20 Å². The molecule has 0 radical (unpaired) electrons. The highest BCUT2D eigenvalue weighted by Crippen LogP contribution is 2.10. The Kier molecular flexibility index (Phi) is 5.48. The summed E-state index contributed by atoms with van der Waals surface area (Å²) < 4.78 is 6.26.